The highest BCUT2D eigenvalue weighted by molar-refractivity contribution is 7.14. The van der Waals surface area contributed by atoms with E-state index in [1.165, 1.54) is 16.2 Å². The molecule has 0 bridgehead atoms. The fraction of sp³-hybridized carbons (Fsp3) is 0.545. The quantitative estimate of drug-likeness (QED) is 0.809. The topological polar surface area (TPSA) is 76.3 Å². The maximum atomic E-state index is 12.1. The molecule has 0 radical (unpaired) electrons. The molecule has 2 amide bonds. The molecule has 0 aliphatic carbocycles. The molecule has 0 saturated carbocycles. The summed E-state index contributed by atoms with van der Waals surface area (Å²) in [5.41, 5.74) is 5.78. The Labute approximate surface area is 104 Å². The molecule has 1 aliphatic heterocycles. The number of aromatic nitrogens is 1. The van der Waals surface area contributed by atoms with Crippen molar-refractivity contribution in [2.75, 3.05) is 4.90 Å². The minimum Gasteiger partial charge on any atom is -0.323 e. The number of imide groups is 1. The van der Waals surface area contributed by atoms with E-state index in [2.05, 4.69) is 4.98 Å². The first-order valence-electron chi connectivity index (χ1n) is 5.41. The summed E-state index contributed by atoms with van der Waals surface area (Å²) in [5, 5.41) is 2.21. The molecule has 0 aromatic carbocycles. The van der Waals surface area contributed by atoms with Crippen LogP contribution in [-0.4, -0.2) is 16.8 Å². The first-order valence-corrected chi connectivity index (χ1v) is 6.29. The summed E-state index contributed by atoms with van der Waals surface area (Å²) in [6.07, 6.45) is 0.235. The van der Waals surface area contributed by atoms with Crippen molar-refractivity contribution in [2.24, 2.45) is 11.1 Å². The molecular formula is C11H15N3O2S. The first kappa shape index (κ1) is 12.2. The molecule has 1 aliphatic rings. The summed E-state index contributed by atoms with van der Waals surface area (Å²) in [7, 11) is 0. The largest absolute Gasteiger partial charge is 0.323 e. The van der Waals surface area contributed by atoms with Crippen LogP contribution in [0.15, 0.2) is 5.38 Å². The summed E-state index contributed by atoms with van der Waals surface area (Å²) in [6, 6.07) is -0.194. The van der Waals surface area contributed by atoms with Crippen molar-refractivity contribution in [2.45, 2.75) is 33.2 Å². The fourth-order valence-electron chi connectivity index (χ4n) is 1.73. The number of rotatable bonds is 2. The molecule has 1 fully saturated rings. The van der Waals surface area contributed by atoms with E-state index in [9.17, 15) is 9.59 Å². The second-order valence-electron chi connectivity index (χ2n) is 4.94. The van der Waals surface area contributed by atoms with Gasteiger partial charge in [0.15, 0.2) is 5.13 Å². The SMILES string of the molecule is CC(N)c1csc(N2C(=O)CC(C)(C)C2=O)n1. The Morgan fingerprint density at radius 3 is 2.59 bits per heavy atom. The van der Waals surface area contributed by atoms with Crippen molar-refractivity contribution in [3.63, 3.8) is 0 Å². The zero-order chi connectivity index (χ0) is 12.8. The van der Waals surface area contributed by atoms with Crippen LogP contribution in [0.4, 0.5) is 5.13 Å². The lowest BCUT2D eigenvalue weighted by Crippen LogP contribution is -2.32. The Morgan fingerprint density at radius 2 is 2.18 bits per heavy atom. The minimum absolute atomic E-state index is 0.187. The minimum atomic E-state index is -0.628. The van der Waals surface area contributed by atoms with Crippen LogP contribution in [0.2, 0.25) is 0 Å². The molecule has 2 rings (SSSR count). The lowest BCUT2D eigenvalue weighted by atomic mass is 9.92. The monoisotopic (exact) mass is 253 g/mol. The molecule has 17 heavy (non-hydrogen) atoms. The van der Waals surface area contributed by atoms with Crippen molar-refractivity contribution in [3.8, 4) is 0 Å². The number of anilines is 1. The van der Waals surface area contributed by atoms with Gasteiger partial charge in [-0.25, -0.2) is 9.88 Å². The predicted octanol–water partition coefficient (Wildman–Crippen LogP) is 1.45. The van der Waals surface area contributed by atoms with Crippen molar-refractivity contribution < 1.29 is 9.59 Å². The molecule has 1 atom stereocenters. The number of hydrogen-bond acceptors (Lipinski definition) is 5. The zero-order valence-electron chi connectivity index (χ0n) is 10.1. The number of amides is 2. The van der Waals surface area contributed by atoms with Crippen molar-refractivity contribution in [3.05, 3.63) is 11.1 Å². The van der Waals surface area contributed by atoms with E-state index in [0.717, 1.165) is 0 Å². The van der Waals surface area contributed by atoms with Gasteiger partial charge < -0.3 is 5.73 Å². The Hall–Kier alpha value is -1.27. The average molecular weight is 253 g/mol. The molecule has 6 heteroatoms. The van der Waals surface area contributed by atoms with Gasteiger partial charge in [0.2, 0.25) is 11.8 Å². The molecule has 2 N–H and O–H groups in total. The normalized spacial score (nSPS) is 21.1. The van der Waals surface area contributed by atoms with Gasteiger partial charge in [-0.15, -0.1) is 11.3 Å². The van der Waals surface area contributed by atoms with E-state index < -0.39 is 5.41 Å². The highest BCUT2D eigenvalue weighted by Crippen LogP contribution is 2.36. The number of carbonyl (C=O) groups is 2. The van der Waals surface area contributed by atoms with Crippen molar-refractivity contribution in [1.82, 2.24) is 4.98 Å². The van der Waals surface area contributed by atoms with E-state index >= 15 is 0 Å². The number of carbonyl (C=O) groups excluding carboxylic acids is 2. The van der Waals surface area contributed by atoms with Gasteiger partial charge in [-0.2, -0.15) is 0 Å². The molecule has 92 valence electrons. The molecule has 2 heterocycles. The molecular weight excluding hydrogens is 238 g/mol. The van der Waals surface area contributed by atoms with Crippen LogP contribution < -0.4 is 10.6 Å². The Morgan fingerprint density at radius 1 is 1.53 bits per heavy atom. The summed E-state index contributed by atoms with van der Waals surface area (Å²) in [6.45, 7) is 5.36. The third-order valence-corrected chi connectivity index (χ3v) is 3.64. The first-order chi connectivity index (χ1) is 7.83. The van der Waals surface area contributed by atoms with Gasteiger partial charge in [0.1, 0.15) is 0 Å². The van der Waals surface area contributed by atoms with Gasteiger partial charge >= 0.3 is 0 Å². The van der Waals surface area contributed by atoms with Gasteiger partial charge in [0, 0.05) is 17.8 Å². The highest BCUT2D eigenvalue weighted by Gasteiger charge is 2.46. The van der Waals surface area contributed by atoms with Gasteiger partial charge in [0.05, 0.1) is 11.1 Å². The van der Waals surface area contributed by atoms with Crippen LogP contribution >= 0.6 is 11.3 Å². The van der Waals surface area contributed by atoms with Crippen LogP contribution in [0.3, 0.4) is 0 Å². The fourth-order valence-corrected chi connectivity index (χ4v) is 2.67. The third-order valence-electron chi connectivity index (χ3n) is 2.79. The standard InChI is InChI=1S/C11H15N3O2S/c1-6(12)7-5-17-10(13-7)14-8(15)4-11(2,3)9(14)16/h5-6H,4,12H2,1-3H3. The molecule has 1 aromatic rings. The van der Waals surface area contributed by atoms with E-state index in [1.807, 2.05) is 6.92 Å². The second-order valence-corrected chi connectivity index (χ2v) is 5.78. The second kappa shape index (κ2) is 3.89. The molecule has 5 nitrogen and oxygen atoms in total. The van der Waals surface area contributed by atoms with E-state index in [0.29, 0.717) is 10.8 Å². The van der Waals surface area contributed by atoms with E-state index in [1.54, 1.807) is 19.2 Å². The maximum absolute atomic E-state index is 12.1. The van der Waals surface area contributed by atoms with Crippen molar-refractivity contribution >= 4 is 28.3 Å². The Bertz CT molecular complexity index is 479. The van der Waals surface area contributed by atoms with Crippen LogP contribution in [-0.2, 0) is 9.59 Å². The van der Waals surface area contributed by atoms with Gasteiger partial charge in [0.25, 0.3) is 0 Å². The Balaban J connectivity index is 2.34. The smallest absolute Gasteiger partial charge is 0.241 e. The van der Waals surface area contributed by atoms with E-state index in [-0.39, 0.29) is 24.3 Å². The predicted molar refractivity (Wildman–Crippen MR) is 65.6 cm³/mol. The molecule has 1 saturated heterocycles. The zero-order valence-corrected chi connectivity index (χ0v) is 10.9. The lowest BCUT2D eigenvalue weighted by molar-refractivity contribution is -0.124. The van der Waals surface area contributed by atoms with Crippen LogP contribution in [0.25, 0.3) is 0 Å². The lowest BCUT2D eigenvalue weighted by Gasteiger charge is -2.14. The van der Waals surface area contributed by atoms with Gasteiger partial charge in [-0.1, -0.05) is 13.8 Å². The Kier molecular flexibility index (Phi) is 2.79. The highest BCUT2D eigenvalue weighted by atomic mass is 32.1. The van der Waals surface area contributed by atoms with Crippen LogP contribution in [0, 0.1) is 5.41 Å². The number of nitrogens with zero attached hydrogens (tertiary/aromatic N) is 2. The number of hydrogen-bond donors (Lipinski definition) is 1. The van der Waals surface area contributed by atoms with Gasteiger partial charge in [-0.3, -0.25) is 9.59 Å². The number of thiazole rings is 1. The third kappa shape index (κ3) is 1.98. The van der Waals surface area contributed by atoms with Gasteiger partial charge in [-0.05, 0) is 6.92 Å². The van der Waals surface area contributed by atoms with Crippen LogP contribution in [0.5, 0.6) is 0 Å². The maximum Gasteiger partial charge on any atom is 0.241 e. The summed E-state index contributed by atoms with van der Waals surface area (Å²) < 4.78 is 0. The average Bonchev–Trinajstić information content (AvgIpc) is 2.72. The summed E-state index contributed by atoms with van der Waals surface area (Å²) in [4.78, 5) is 29.3. The summed E-state index contributed by atoms with van der Waals surface area (Å²) >= 11 is 1.28. The number of nitrogens with two attached hydrogens (primary N) is 1. The molecule has 1 unspecified atom stereocenters. The van der Waals surface area contributed by atoms with Crippen molar-refractivity contribution in [1.29, 1.82) is 0 Å². The van der Waals surface area contributed by atoms with E-state index in [4.69, 9.17) is 5.73 Å². The summed E-state index contributed by atoms with van der Waals surface area (Å²) in [5.74, 6) is -0.376. The molecule has 1 aromatic heterocycles. The van der Waals surface area contributed by atoms with Crippen LogP contribution in [0.1, 0.15) is 38.9 Å². The molecule has 0 spiro atoms.